The molecule has 3 rings (SSSR count). The minimum atomic E-state index is -0.0217. The summed E-state index contributed by atoms with van der Waals surface area (Å²) in [5.41, 5.74) is 12.2. The molecule has 1 aliphatic carbocycles. The van der Waals surface area contributed by atoms with E-state index in [1.807, 2.05) is 37.3 Å². The smallest absolute Gasteiger partial charge is 0.251 e. The first-order valence-corrected chi connectivity index (χ1v) is 7.39. The Labute approximate surface area is 125 Å². The lowest BCUT2D eigenvalue weighted by atomic mass is 10.0. The molecule has 3 heteroatoms. The summed E-state index contributed by atoms with van der Waals surface area (Å²) in [5, 5.41) is 2.98. The first kappa shape index (κ1) is 13.7. The maximum atomic E-state index is 12.3. The molecule has 0 radical (unpaired) electrons. The molecule has 0 saturated carbocycles. The number of hydrogen-bond acceptors (Lipinski definition) is 2. The molecule has 0 fully saturated rings. The topological polar surface area (TPSA) is 55.1 Å². The fourth-order valence-electron chi connectivity index (χ4n) is 2.89. The summed E-state index contributed by atoms with van der Waals surface area (Å²) in [4.78, 5) is 12.3. The second-order valence-corrected chi connectivity index (χ2v) is 5.65. The lowest BCUT2D eigenvalue weighted by Crippen LogP contribution is -2.23. The number of nitrogens with two attached hydrogens (primary N) is 1. The number of amides is 1. The van der Waals surface area contributed by atoms with Gasteiger partial charge in [-0.05, 0) is 66.6 Å². The van der Waals surface area contributed by atoms with Crippen LogP contribution in [0.5, 0.6) is 0 Å². The molecule has 108 valence electrons. The van der Waals surface area contributed by atoms with E-state index in [1.54, 1.807) is 0 Å². The normalized spacial score (nSPS) is 13.0. The van der Waals surface area contributed by atoms with Gasteiger partial charge in [0.1, 0.15) is 0 Å². The van der Waals surface area contributed by atoms with E-state index < -0.39 is 0 Å². The summed E-state index contributed by atoms with van der Waals surface area (Å²) in [6.07, 6.45) is 3.42. The van der Waals surface area contributed by atoms with Gasteiger partial charge in [0.15, 0.2) is 0 Å². The number of rotatable bonds is 3. The lowest BCUT2D eigenvalue weighted by Gasteiger charge is -2.10. The van der Waals surface area contributed by atoms with Crippen LogP contribution in [0, 0.1) is 6.92 Å². The number of carbonyl (C=O) groups is 1. The predicted octanol–water partition coefficient (Wildman–Crippen LogP) is 3.00. The van der Waals surface area contributed by atoms with Gasteiger partial charge in [0.05, 0.1) is 0 Å². The van der Waals surface area contributed by atoms with Crippen LogP contribution in [0.3, 0.4) is 0 Å². The molecule has 0 heterocycles. The number of hydrogen-bond donors (Lipinski definition) is 2. The highest BCUT2D eigenvalue weighted by Crippen LogP contribution is 2.23. The quantitative estimate of drug-likeness (QED) is 0.849. The highest BCUT2D eigenvalue weighted by atomic mass is 16.1. The van der Waals surface area contributed by atoms with Crippen LogP contribution in [0.4, 0.5) is 5.69 Å². The van der Waals surface area contributed by atoms with Crippen LogP contribution in [0.1, 0.15) is 39.0 Å². The van der Waals surface area contributed by atoms with Crippen LogP contribution in [0.25, 0.3) is 0 Å². The van der Waals surface area contributed by atoms with Gasteiger partial charge < -0.3 is 11.1 Å². The molecule has 0 spiro atoms. The number of benzene rings is 2. The van der Waals surface area contributed by atoms with Crippen molar-refractivity contribution >= 4 is 11.6 Å². The van der Waals surface area contributed by atoms with Gasteiger partial charge in [0, 0.05) is 17.8 Å². The van der Waals surface area contributed by atoms with E-state index in [4.69, 9.17) is 5.73 Å². The van der Waals surface area contributed by atoms with E-state index in [0.717, 1.165) is 35.2 Å². The summed E-state index contributed by atoms with van der Waals surface area (Å²) in [7, 11) is 0. The van der Waals surface area contributed by atoms with Gasteiger partial charge in [-0.2, -0.15) is 0 Å². The summed E-state index contributed by atoms with van der Waals surface area (Å²) in [5.74, 6) is -0.0217. The van der Waals surface area contributed by atoms with Crippen molar-refractivity contribution in [2.75, 3.05) is 5.73 Å². The van der Waals surface area contributed by atoms with E-state index in [2.05, 4.69) is 11.4 Å². The minimum absolute atomic E-state index is 0.0217. The molecule has 2 aromatic rings. The molecule has 0 unspecified atom stereocenters. The zero-order chi connectivity index (χ0) is 14.8. The molecular formula is C18H20N2O. The van der Waals surface area contributed by atoms with Gasteiger partial charge in [-0.1, -0.05) is 18.2 Å². The van der Waals surface area contributed by atoms with Gasteiger partial charge in [-0.3, -0.25) is 4.79 Å². The monoisotopic (exact) mass is 280 g/mol. The SMILES string of the molecule is Cc1c(N)cccc1CNC(=O)c1ccc2c(c1)CCC2. The third-order valence-electron chi connectivity index (χ3n) is 4.29. The zero-order valence-electron chi connectivity index (χ0n) is 12.3. The van der Waals surface area contributed by atoms with Crippen molar-refractivity contribution in [3.8, 4) is 0 Å². The Balaban J connectivity index is 1.71. The van der Waals surface area contributed by atoms with E-state index in [1.165, 1.54) is 17.5 Å². The van der Waals surface area contributed by atoms with Crippen LogP contribution in [0.15, 0.2) is 36.4 Å². The van der Waals surface area contributed by atoms with Gasteiger partial charge >= 0.3 is 0 Å². The molecule has 21 heavy (non-hydrogen) atoms. The molecule has 0 saturated heterocycles. The minimum Gasteiger partial charge on any atom is -0.399 e. The Kier molecular flexibility index (Phi) is 3.65. The zero-order valence-corrected chi connectivity index (χ0v) is 12.3. The van der Waals surface area contributed by atoms with Crippen molar-refractivity contribution in [3.63, 3.8) is 0 Å². The van der Waals surface area contributed by atoms with Crippen LogP contribution in [0.2, 0.25) is 0 Å². The number of nitrogens with one attached hydrogen (secondary N) is 1. The van der Waals surface area contributed by atoms with Gasteiger partial charge in [0.25, 0.3) is 5.91 Å². The predicted molar refractivity (Wildman–Crippen MR) is 85.2 cm³/mol. The molecule has 1 amide bonds. The van der Waals surface area contributed by atoms with E-state index in [-0.39, 0.29) is 5.91 Å². The fraction of sp³-hybridized carbons (Fsp3) is 0.278. The maximum absolute atomic E-state index is 12.3. The molecule has 0 aromatic heterocycles. The second-order valence-electron chi connectivity index (χ2n) is 5.65. The molecular weight excluding hydrogens is 260 g/mol. The van der Waals surface area contributed by atoms with Crippen LogP contribution in [-0.2, 0) is 19.4 Å². The Morgan fingerprint density at radius 1 is 1.19 bits per heavy atom. The van der Waals surface area contributed by atoms with Crippen molar-refractivity contribution in [3.05, 3.63) is 64.2 Å². The Morgan fingerprint density at radius 2 is 2.00 bits per heavy atom. The number of fused-ring (bicyclic) bond motifs is 1. The van der Waals surface area contributed by atoms with Gasteiger partial charge in [-0.15, -0.1) is 0 Å². The summed E-state index contributed by atoms with van der Waals surface area (Å²) in [6, 6.07) is 11.8. The average molecular weight is 280 g/mol. The number of carbonyl (C=O) groups excluding carboxylic acids is 1. The summed E-state index contributed by atoms with van der Waals surface area (Å²) >= 11 is 0. The highest BCUT2D eigenvalue weighted by Gasteiger charge is 2.14. The molecule has 3 nitrogen and oxygen atoms in total. The van der Waals surface area contributed by atoms with Crippen LogP contribution < -0.4 is 11.1 Å². The Bertz CT molecular complexity index is 692. The Hall–Kier alpha value is -2.29. The van der Waals surface area contributed by atoms with Crippen molar-refractivity contribution in [1.29, 1.82) is 0 Å². The first-order valence-electron chi connectivity index (χ1n) is 7.39. The van der Waals surface area contributed by atoms with E-state index in [0.29, 0.717) is 6.54 Å². The van der Waals surface area contributed by atoms with E-state index in [9.17, 15) is 4.79 Å². The highest BCUT2D eigenvalue weighted by molar-refractivity contribution is 5.94. The molecule has 0 bridgehead atoms. The van der Waals surface area contributed by atoms with Crippen LogP contribution in [-0.4, -0.2) is 5.91 Å². The number of aryl methyl sites for hydroxylation is 2. The second kappa shape index (κ2) is 5.60. The third kappa shape index (κ3) is 2.77. The molecule has 3 N–H and O–H groups in total. The van der Waals surface area contributed by atoms with Crippen molar-refractivity contribution in [1.82, 2.24) is 5.32 Å². The molecule has 2 aromatic carbocycles. The van der Waals surface area contributed by atoms with Crippen LogP contribution >= 0.6 is 0 Å². The molecule has 0 aliphatic heterocycles. The number of anilines is 1. The van der Waals surface area contributed by atoms with Crippen molar-refractivity contribution < 1.29 is 4.79 Å². The van der Waals surface area contributed by atoms with Gasteiger partial charge in [-0.25, -0.2) is 0 Å². The summed E-state index contributed by atoms with van der Waals surface area (Å²) in [6.45, 7) is 2.49. The van der Waals surface area contributed by atoms with Gasteiger partial charge in [0.2, 0.25) is 0 Å². The number of nitrogen functional groups attached to an aromatic ring is 1. The lowest BCUT2D eigenvalue weighted by molar-refractivity contribution is 0.0951. The van der Waals surface area contributed by atoms with Crippen molar-refractivity contribution in [2.24, 2.45) is 0 Å². The maximum Gasteiger partial charge on any atom is 0.251 e. The third-order valence-corrected chi connectivity index (χ3v) is 4.29. The first-order chi connectivity index (χ1) is 10.1. The average Bonchev–Trinajstić information content (AvgIpc) is 2.96. The molecule has 1 aliphatic rings. The largest absolute Gasteiger partial charge is 0.399 e. The van der Waals surface area contributed by atoms with E-state index >= 15 is 0 Å². The standard InChI is InChI=1S/C18H20N2O/c1-12-16(6-3-7-17(12)19)11-20-18(21)15-9-8-13-4-2-5-14(13)10-15/h3,6-10H,2,4-5,11,19H2,1H3,(H,20,21). The molecule has 0 atom stereocenters. The van der Waals surface area contributed by atoms with Crippen molar-refractivity contribution in [2.45, 2.75) is 32.7 Å². The Morgan fingerprint density at radius 3 is 2.86 bits per heavy atom. The summed E-state index contributed by atoms with van der Waals surface area (Å²) < 4.78 is 0. The fourth-order valence-corrected chi connectivity index (χ4v) is 2.89.